The highest BCUT2D eigenvalue weighted by atomic mass is 16.3. The molecule has 2 saturated carbocycles. The molecule has 0 bridgehead atoms. The van der Waals surface area contributed by atoms with Crippen LogP contribution in [-0.4, -0.2) is 43.0 Å². The van der Waals surface area contributed by atoms with Gasteiger partial charge in [0, 0.05) is 18.0 Å². The van der Waals surface area contributed by atoms with Crippen LogP contribution in [0.2, 0.25) is 0 Å². The van der Waals surface area contributed by atoms with E-state index in [-0.39, 0.29) is 0 Å². The molecule has 128 valence electrons. The Labute approximate surface area is 139 Å². The van der Waals surface area contributed by atoms with Gasteiger partial charge in [0.2, 0.25) is 0 Å². The van der Waals surface area contributed by atoms with Crippen LogP contribution in [0.4, 0.5) is 0 Å². The molecule has 1 aromatic heterocycles. The minimum absolute atomic E-state index is 0.414. The largest absolute Gasteiger partial charge is 0.390 e. The number of hydrogen-bond donors (Lipinski definition) is 1. The second-order valence-corrected chi connectivity index (χ2v) is 8.15. The van der Waals surface area contributed by atoms with E-state index in [9.17, 15) is 5.11 Å². The van der Waals surface area contributed by atoms with Crippen LogP contribution in [0.15, 0.2) is 0 Å². The van der Waals surface area contributed by atoms with Crippen molar-refractivity contribution in [3.8, 4) is 0 Å². The topological polar surface area (TPSA) is 54.2 Å². The second-order valence-electron chi connectivity index (χ2n) is 8.15. The van der Waals surface area contributed by atoms with Crippen molar-refractivity contribution in [2.24, 2.45) is 5.92 Å². The molecule has 23 heavy (non-hydrogen) atoms. The summed E-state index contributed by atoms with van der Waals surface area (Å²) in [6, 6.07) is 1.15. The van der Waals surface area contributed by atoms with E-state index in [1.807, 2.05) is 0 Å². The number of aromatic nitrogens is 3. The van der Waals surface area contributed by atoms with Crippen LogP contribution >= 0.6 is 0 Å². The molecule has 1 N–H and O–H groups in total. The second kappa shape index (κ2) is 5.85. The summed E-state index contributed by atoms with van der Waals surface area (Å²) in [5.74, 6) is 2.60. The quantitative estimate of drug-likeness (QED) is 0.927. The predicted octanol–water partition coefficient (Wildman–Crippen LogP) is 2.83. The summed E-state index contributed by atoms with van der Waals surface area (Å²) in [5.41, 5.74) is -0.494. The lowest BCUT2D eigenvalue weighted by atomic mass is 9.72. The Balaban J connectivity index is 1.52. The maximum absolute atomic E-state index is 10.9. The third-order valence-corrected chi connectivity index (χ3v) is 6.32. The third-order valence-electron chi connectivity index (χ3n) is 6.32. The van der Waals surface area contributed by atoms with Crippen molar-refractivity contribution < 1.29 is 5.11 Å². The first kappa shape index (κ1) is 15.6. The van der Waals surface area contributed by atoms with Gasteiger partial charge in [0.05, 0.1) is 12.1 Å². The number of aliphatic hydroxyl groups is 1. The highest BCUT2D eigenvalue weighted by Crippen LogP contribution is 2.41. The van der Waals surface area contributed by atoms with E-state index < -0.39 is 5.60 Å². The molecule has 5 heteroatoms. The zero-order valence-corrected chi connectivity index (χ0v) is 14.5. The lowest BCUT2D eigenvalue weighted by molar-refractivity contribution is -0.0632. The molecule has 3 unspecified atom stereocenters. The number of aryl methyl sites for hydroxylation is 1. The molecule has 2 aliphatic carbocycles. The molecule has 0 amide bonds. The first-order valence-corrected chi connectivity index (χ1v) is 9.43. The first-order valence-electron chi connectivity index (χ1n) is 9.43. The van der Waals surface area contributed by atoms with Crippen molar-refractivity contribution in [3.63, 3.8) is 0 Å². The number of rotatable bonds is 4. The highest BCUT2D eigenvalue weighted by Gasteiger charge is 2.43. The van der Waals surface area contributed by atoms with E-state index in [2.05, 4.69) is 33.5 Å². The molecule has 1 saturated heterocycles. The minimum atomic E-state index is -0.494. The van der Waals surface area contributed by atoms with Crippen molar-refractivity contribution in [1.82, 2.24) is 19.7 Å². The molecule has 3 atom stereocenters. The van der Waals surface area contributed by atoms with Gasteiger partial charge in [-0.05, 0) is 58.9 Å². The van der Waals surface area contributed by atoms with Gasteiger partial charge in [-0.2, -0.15) is 0 Å². The lowest BCUT2D eigenvalue weighted by Crippen LogP contribution is -2.48. The zero-order chi connectivity index (χ0) is 16.0. The lowest BCUT2D eigenvalue weighted by Gasteiger charge is -2.43. The normalized spacial score (nSPS) is 35.8. The monoisotopic (exact) mass is 318 g/mol. The molecule has 1 aliphatic heterocycles. The van der Waals surface area contributed by atoms with Gasteiger partial charge in [0.25, 0.3) is 0 Å². The molecule has 0 spiro atoms. The van der Waals surface area contributed by atoms with Gasteiger partial charge in [-0.1, -0.05) is 12.8 Å². The third kappa shape index (κ3) is 2.93. The molecular formula is C18H30N4O. The number of nitrogens with zero attached hydrogens (tertiary/aromatic N) is 4. The van der Waals surface area contributed by atoms with Crippen LogP contribution in [0.1, 0.15) is 76.0 Å². The number of hydrogen-bond acceptors (Lipinski definition) is 4. The summed E-state index contributed by atoms with van der Waals surface area (Å²) < 4.78 is 2.36. The van der Waals surface area contributed by atoms with Crippen LogP contribution in [0.25, 0.3) is 0 Å². The molecule has 0 aromatic carbocycles. The summed E-state index contributed by atoms with van der Waals surface area (Å²) in [5, 5.41) is 19.7. The molecule has 0 radical (unpaired) electrons. The van der Waals surface area contributed by atoms with E-state index in [1.165, 1.54) is 44.9 Å². The molecule has 1 aromatic rings. The minimum Gasteiger partial charge on any atom is -0.390 e. The van der Waals surface area contributed by atoms with Crippen molar-refractivity contribution in [2.75, 3.05) is 6.54 Å². The van der Waals surface area contributed by atoms with Gasteiger partial charge >= 0.3 is 0 Å². The predicted molar refractivity (Wildman–Crippen MR) is 89.0 cm³/mol. The highest BCUT2D eigenvalue weighted by molar-refractivity contribution is 5.04. The molecule has 3 fully saturated rings. The van der Waals surface area contributed by atoms with E-state index in [4.69, 9.17) is 0 Å². The zero-order valence-electron chi connectivity index (χ0n) is 14.5. The smallest absolute Gasteiger partial charge is 0.147 e. The van der Waals surface area contributed by atoms with Crippen LogP contribution in [0.5, 0.6) is 0 Å². The van der Waals surface area contributed by atoms with Crippen molar-refractivity contribution in [3.05, 3.63) is 11.6 Å². The summed E-state index contributed by atoms with van der Waals surface area (Å²) in [6.45, 7) is 6.16. The van der Waals surface area contributed by atoms with Crippen molar-refractivity contribution in [2.45, 2.75) is 89.4 Å². The Morgan fingerprint density at radius 3 is 2.70 bits per heavy atom. The number of likely N-dealkylation sites (tertiary alicyclic amines) is 1. The Morgan fingerprint density at radius 2 is 1.96 bits per heavy atom. The summed E-state index contributed by atoms with van der Waals surface area (Å²) in [6.07, 6.45) is 9.57. The van der Waals surface area contributed by atoms with E-state index in [0.717, 1.165) is 31.2 Å². The summed E-state index contributed by atoms with van der Waals surface area (Å²) in [4.78, 5) is 2.58. The first-order chi connectivity index (χ1) is 11.1. The molecule has 5 nitrogen and oxygen atoms in total. The van der Waals surface area contributed by atoms with Crippen molar-refractivity contribution >= 4 is 0 Å². The average Bonchev–Trinajstić information content (AvgIpc) is 3.13. The molecule has 4 rings (SSSR count). The van der Waals surface area contributed by atoms with Gasteiger partial charge < -0.3 is 9.67 Å². The van der Waals surface area contributed by atoms with Gasteiger partial charge in [-0.25, -0.2) is 0 Å². The van der Waals surface area contributed by atoms with E-state index in [1.54, 1.807) is 0 Å². The Hall–Kier alpha value is -0.940. The standard InChI is InChI=1S/C18H30N4O/c1-13-19-20-17(22(13)14-8-9-14)12-21-11-5-7-16(21)15-6-3-4-10-18(15,2)23/h14-16,23H,3-12H2,1-2H3. The van der Waals surface area contributed by atoms with E-state index >= 15 is 0 Å². The van der Waals surface area contributed by atoms with Gasteiger partial charge in [-0.15, -0.1) is 10.2 Å². The summed E-state index contributed by atoms with van der Waals surface area (Å²) >= 11 is 0. The van der Waals surface area contributed by atoms with Crippen LogP contribution in [-0.2, 0) is 6.54 Å². The van der Waals surface area contributed by atoms with Crippen LogP contribution < -0.4 is 0 Å². The molecule has 2 heterocycles. The Morgan fingerprint density at radius 1 is 1.13 bits per heavy atom. The van der Waals surface area contributed by atoms with Crippen molar-refractivity contribution in [1.29, 1.82) is 0 Å². The van der Waals surface area contributed by atoms with Gasteiger partial charge in [-0.3, -0.25) is 4.90 Å². The summed E-state index contributed by atoms with van der Waals surface area (Å²) in [7, 11) is 0. The molecule has 3 aliphatic rings. The fraction of sp³-hybridized carbons (Fsp3) is 0.889. The fourth-order valence-electron chi connectivity index (χ4n) is 4.96. The fourth-order valence-corrected chi connectivity index (χ4v) is 4.96. The van der Waals surface area contributed by atoms with Crippen LogP contribution in [0.3, 0.4) is 0 Å². The Bertz CT molecular complexity index is 563. The average molecular weight is 318 g/mol. The maximum atomic E-state index is 10.9. The Kier molecular flexibility index (Phi) is 3.96. The van der Waals surface area contributed by atoms with Crippen LogP contribution in [0, 0.1) is 12.8 Å². The van der Waals surface area contributed by atoms with Gasteiger partial charge in [0.1, 0.15) is 11.6 Å². The maximum Gasteiger partial charge on any atom is 0.147 e. The van der Waals surface area contributed by atoms with Gasteiger partial charge in [0.15, 0.2) is 0 Å². The van der Waals surface area contributed by atoms with E-state index in [0.29, 0.717) is 18.0 Å². The molecular weight excluding hydrogens is 288 g/mol. The SMILES string of the molecule is Cc1nnc(CN2CCCC2C2CCCCC2(C)O)n1C1CC1.